The third-order valence-corrected chi connectivity index (χ3v) is 2.89. The van der Waals surface area contributed by atoms with Crippen molar-refractivity contribution in [2.24, 2.45) is 0 Å². The molecule has 0 unspecified atom stereocenters. The zero-order valence-electron chi connectivity index (χ0n) is 11.0. The van der Waals surface area contributed by atoms with Crippen molar-refractivity contribution in [3.63, 3.8) is 0 Å². The average molecular weight is 280 g/mol. The molecule has 0 spiro atoms. The number of anilines is 2. The number of nitrogen functional groups attached to an aromatic ring is 1. The van der Waals surface area contributed by atoms with Gasteiger partial charge in [0, 0.05) is 5.38 Å². The zero-order valence-corrected chi connectivity index (χ0v) is 11.9. The highest BCUT2D eigenvalue weighted by Gasteiger charge is 2.07. The quantitative estimate of drug-likeness (QED) is 0.858. The van der Waals surface area contributed by atoms with Crippen LogP contribution in [0, 0.1) is 6.92 Å². The molecule has 2 aromatic rings. The third kappa shape index (κ3) is 4.02. The predicted molar refractivity (Wildman–Crippen MR) is 74.2 cm³/mol. The summed E-state index contributed by atoms with van der Waals surface area (Å²) in [5, 5.41) is 6.06. The minimum Gasteiger partial charge on any atom is -0.461 e. The maximum Gasteiger partial charge on any atom is 0.323 e. The summed E-state index contributed by atoms with van der Waals surface area (Å²) in [6, 6.07) is 0.222. The molecule has 2 heterocycles. The van der Waals surface area contributed by atoms with E-state index in [2.05, 4.69) is 25.3 Å². The van der Waals surface area contributed by atoms with Crippen LogP contribution in [0.1, 0.15) is 24.5 Å². The molecule has 7 nitrogen and oxygen atoms in total. The van der Waals surface area contributed by atoms with E-state index in [-0.39, 0.29) is 18.1 Å². The van der Waals surface area contributed by atoms with Crippen LogP contribution >= 0.6 is 11.3 Å². The van der Waals surface area contributed by atoms with Gasteiger partial charge in [0.05, 0.1) is 23.4 Å². The second kappa shape index (κ2) is 5.79. The Hall–Kier alpha value is -1.96. The monoisotopic (exact) mass is 280 g/mol. The van der Waals surface area contributed by atoms with E-state index < -0.39 is 0 Å². The Labute approximate surface area is 115 Å². The van der Waals surface area contributed by atoms with Crippen molar-refractivity contribution in [3.8, 4) is 6.01 Å². The topological polar surface area (TPSA) is 98.8 Å². The van der Waals surface area contributed by atoms with Crippen molar-refractivity contribution in [1.82, 2.24) is 19.9 Å². The van der Waals surface area contributed by atoms with Gasteiger partial charge in [0.1, 0.15) is 0 Å². The summed E-state index contributed by atoms with van der Waals surface area (Å²) in [5.41, 5.74) is 6.55. The van der Waals surface area contributed by atoms with Crippen LogP contribution in [0.2, 0.25) is 0 Å². The molecule has 0 saturated heterocycles. The fourth-order valence-electron chi connectivity index (χ4n) is 1.37. The molecule has 0 radical (unpaired) electrons. The van der Waals surface area contributed by atoms with Crippen LogP contribution in [0.25, 0.3) is 0 Å². The molecular weight excluding hydrogens is 264 g/mol. The number of rotatable bonds is 5. The fourth-order valence-corrected chi connectivity index (χ4v) is 1.99. The van der Waals surface area contributed by atoms with Crippen molar-refractivity contribution < 1.29 is 4.74 Å². The first-order chi connectivity index (χ1) is 9.02. The predicted octanol–water partition coefficient (Wildman–Crippen LogP) is 1.62. The first-order valence-corrected chi connectivity index (χ1v) is 6.74. The van der Waals surface area contributed by atoms with Gasteiger partial charge in [0.25, 0.3) is 0 Å². The Bertz CT molecular complexity index is 556. The Morgan fingerprint density at radius 1 is 1.32 bits per heavy atom. The molecule has 0 saturated carbocycles. The smallest absolute Gasteiger partial charge is 0.323 e. The number of hydrogen-bond acceptors (Lipinski definition) is 8. The maximum atomic E-state index is 5.61. The highest BCUT2D eigenvalue weighted by molar-refractivity contribution is 7.09. The summed E-state index contributed by atoms with van der Waals surface area (Å²) < 4.78 is 5.40. The summed E-state index contributed by atoms with van der Waals surface area (Å²) in [5.74, 6) is 0.511. The molecule has 3 N–H and O–H groups in total. The number of ether oxygens (including phenoxy) is 1. The minimum absolute atomic E-state index is 0.0177. The van der Waals surface area contributed by atoms with Gasteiger partial charge in [0.15, 0.2) is 0 Å². The zero-order chi connectivity index (χ0) is 13.8. The lowest BCUT2D eigenvalue weighted by molar-refractivity contribution is 0.222. The SMILES string of the molecule is Cc1nc(CNc2nc(N)nc(OC(C)C)n2)cs1. The van der Waals surface area contributed by atoms with E-state index in [1.54, 1.807) is 11.3 Å². The highest BCUT2D eigenvalue weighted by Crippen LogP contribution is 2.13. The summed E-state index contributed by atoms with van der Waals surface area (Å²) >= 11 is 1.60. The Morgan fingerprint density at radius 2 is 2.11 bits per heavy atom. The molecule has 19 heavy (non-hydrogen) atoms. The van der Waals surface area contributed by atoms with Crippen molar-refractivity contribution >= 4 is 23.2 Å². The molecular formula is C11H16N6OS. The second-order valence-electron chi connectivity index (χ2n) is 4.18. The summed E-state index contributed by atoms with van der Waals surface area (Å²) in [7, 11) is 0. The average Bonchev–Trinajstić information content (AvgIpc) is 2.71. The van der Waals surface area contributed by atoms with Crippen LogP contribution in [0.4, 0.5) is 11.9 Å². The summed E-state index contributed by atoms with van der Waals surface area (Å²) in [6.07, 6.45) is -0.0177. The molecule has 0 amide bonds. The van der Waals surface area contributed by atoms with Gasteiger partial charge in [-0.15, -0.1) is 11.3 Å². The Morgan fingerprint density at radius 3 is 2.74 bits per heavy atom. The van der Waals surface area contributed by atoms with Crippen LogP contribution in [0.3, 0.4) is 0 Å². The van der Waals surface area contributed by atoms with Gasteiger partial charge in [-0.05, 0) is 20.8 Å². The normalized spacial score (nSPS) is 10.7. The van der Waals surface area contributed by atoms with Gasteiger partial charge in [0.2, 0.25) is 11.9 Å². The van der Waals surface area contributed by atoms with Gasteiger partial charge in [-0.25, -0.2) is 4.98 Å². The molecule has 0 aliphatic heterocycles. The van der Waals surface area contributed by atoms with Gasteiger partial charge in [-0.3, -0.25) is 0 Å². The number of aromatic nitrogens is 4. The van der Waals surface area contributed by atoms with Gasteiger partial charge in [-0.2, -0.15) is 15.0 Å². The first-order valence-electron chi connectivity index (χ1n) is 5.86. The number of nitrogens with one attached hydrogen (secondary N) is 1. The van der Waals surface area contributed by atoms with Crippen molar-refractivity contribution in [3.05, 3.63) is 16.1 Å². The lowest BCUT2D eigenvalue weighted by Crippen LogP contribution is -2.13. The summed E-state index contributed by atoms with van der Waals surface area (Å²) in [6.45, 7) is 6.29. The van der Waals surface area contributed by atoms with E-state index in [4.69, 9.17) is 10.5 Å². The van der Waals surface area contributed by atoms with E-state index in [0.717, 1.165) is 10.7 Å². The summed E-state index contributed by atoms with van der Waals surface area (Å²) in [4.78, 5) is 16.4. The lowest BCUT2D eigenvalue weighted by Gasteiger charge is -2.09. The number of thiazole rings is 1. The van der Waals surface area contributed by atoms with E-state index in [1.165, 1.54) is 0 Å². The highest BCUT2D eigenvalue weighted by atomic mass is 32.1. The van der Waals surface area contributed by atoms with E-state index in [1.807, 2.05) is 26.2 Å². The standard InChI is InChI=1S/C11H16N6OS/c1-6(2)18-11-16-9(12)15-10(17-11)13-4-8-5-19-7(3)14-8/h5-6H,4H2,1-3H3,(H3,12,13,15,16,17). The van der Waals surface area contributed by atoms with Gasteiger partial charge >= 0.3 is 6.01 Å². The van der Waals surface area contributed by atoms with Crippen LogP contribution in [0.15, 0.2) is 5.38 Å². The molecule has 2 aromatic heterocycles. The van der Waals surface area contributed by atoms with Gasteiger partial charge in [-0.1, -0.05) is 0 Å². The first kappa shape index (κ1) is 13.5. The molecule has 0 bridgehead atoms. The Balaban J connectivity index is 2.05. The van der Waals surface area contributed by atoms with Crippen LogP contribution < -0.4 is 15.8 Å². The van der Waals surface area contributed by atoms with Crippen molar-refractivity contribution in [2.75, 3.05) is 11.1 Å². The van der Waals surface area contributed by atoms with E-state index >= 15 is 0 Å². The molecule has 0 aromatic carbocycles. The molecule has 102 valence electrons. The largest absolute Gasteiger partial charge is 0.461 e. The molecule has 0 aliphatic carbocycles. The number of nitrogens with two attached hydrogens (primary N) is 1. The number of nitrogens with zero attached hydrogens (tertiary/aromatic N) is 4. The maximum absolute atomic E-state index is 5.61. The molecule has 0 aliphatic rings. The molecule has 2 rings (SSSR count). The van der Waals surface area contributed by atoms with Crippen molar-refractivity contribution in [1.29, 1.82) is 0 Å². The Kier molecular flexibility index (Phi) is 4.10. The van der Waals surface area contributed by atoms with E-state index in [9.17, 15) is 0 Å². The number of aryl methyl sites for hydroxylation is 1. The molecule has 0 atom stereocenters. The lowest BCUT2D eigenvalue weighted by atomic mass is 10.5. The van der Waals surface area contributed by atoms with E-state index in [0.29, 0.717) is 12.5 Å². The molecule has 8 heteroatoms. The van der Waals surface area contributed by atoms with Crippen LogP contribution in [-0.2, 0) is 6.54 Å². The second-order valence-corrected chi connectivity index (χ2v) is 5.24. The third-order valence-electron chi connectivity index (χ3n) is 2.07. The number of hydrogen-bond donors (Lipinski definition) is 2. The fraction of sp³-hybridized carbons (Fsp3) is 0.455. The van der Waals surface area contributed by atoms with Crippen molar-refractivity contribution in [2.45, 2.75) is 33.4 Å². The van der Waals surface area contributed by atoms with Gasteiger partial charge < -0.3 is 15.8 Å². The minimum atomic E-state index is -0.0177. The molecule has 0 fully saturated rings. The van der Waals surface area contributed by atoms with Crippen LogP contribution in [0.5, 0.6) is 6.01 Å². The van der Waals surface area contributed by atoms with Crippen LogP contribution in [-0.4, -0.2) is 26.0 Å².